The molecule has 4 aromatic rings. The number of phenolic OH excluding ortho intramolecular Hbond substituents is 1. The van der Waals surface area contributed by atoms with Crippen molar-refractivity contribution in [1.29, 1.82) is 0 Å². The largest absolute Gasteiger partial charge is 0.508 e. The van der Waals surface area contributed by atoms with Gasteiger partial charge < -0.3 is 14.7 Å². The number of hydrogen-bond acceptors (Lipinski definition) is 5. The molecule has 6 heteroatoms. The Morgan fingerprint density at radius 2 is 1.83 bits per heavy atom. The lowest BCUT2D eigenvalue weighted by molar-refractivity contribution is 0.103. The van der Waals surface area contributed by atoms with Gasteiger partial charge in [-0.25, -0.2) is 0 Å². The fraction of sp³-hybridized carbons (Fsp3) is 0.300. The van der Waals surface area contributed by atoms with Crippen LogP contribution < -0.4 is 4.74 Å². The topological polar surface area (TPSA) is 49.8 Å². The van der Waals surface area contributed by atoms with Crippen molar-refractivity contribution in [1.82, 2.24) is 4.90 Å². The van der Waals surface area contributed by atoms with Crippen molar-refractivity contribution in [2.75, 3.05) is 19.6 Å². The van der Waals surface area contributed by atoms with Crippen LogP contribution in [0, 0.1) is 19.8 Å². The number of hydrogen-bond donors (Lipinski definition) is 1. The zero-order valence-electron chi connectivity index (χ0n) is 20.8. The number of carbonyl (C=O) groups is 1. The lowest BCUT2D eigenvalue weighted by Gasteiger charge is -2.15. The number of likely N-dealkylation sites (tertiary alicyclic amines) is 1. The monoisotopic (exact) mass is 519 g/mol. The van der Waals surface area contributed by atoms with Gasteiger partial charge in [0.25, 0.3) is 0 Å². The zero-order valence-corrected chi connectivity index (χ0v) is 22.4. The SMILES string of the molecule is Cc1cc(Cl)cc(C)c1C(=O)c1sc2cc(O)ccc2c1Oc1ccc(CCN2CC[C@@H](C)C2)cc1. The molecule has 36 heavy (non-hydrogen) atoms. The molecule has 5 rings (SSSR count). The fourth-order valence-corrected chi connectivity index (χ4v) is 6.49. The Bertz CT molecular complexity index is 1400. The van der Waals surface area contributed by atoms with Crippen molar-refractivity contribution in [2.24, 2.45) is 5.92 Å². The lowest BCUT2D eigenvalue weighted by atomic mass is 9.98. The molecule has 2 heterocycles. The molecular weight excluding hydrogens is 490 g/mol. The number of benzene rings is 3. The number of fused-ring (bicyclic) bond motifs is 1. The molecule has 1 fully saturated rings. The van der Waals surface area contributed by atoms with Gasteiger partial charge in [-0.2, -0.15) is 0 Å². The van der Waals surface area contributed by atoms with Gasteiger partial charge in [0.15, 0.2) is 5.75 Å². The third-order valence-corrected chi connectivity index (χ3v) is 8.28. The Hall–Kier alpha value is -2.86. The second-order valence-corrected chi connectivity index (χ2v) is 11.4. The van der Waals surface area contributed by atoms with Crippen LogP contribution in [0.25, 0.3) is 10.1 Å². The number of halogens is 1. The summed E-state index contributed by atoms with van der Waals surface area (Å²) in [7, 11) is 0. The van der Waals surface area contributed by atoms with Crippen LogP contribution >= 0.6 is 22.9 Å². The molecule has 0 aliphatic carbocycles. The molecule has 0 radical (unpaired) electrons. The van der Waals surface area contributed by atoms with Crippen molar-refractivity contribution >= 4 is 38.8 Å². The number of rotatable bonds is 7. The number of ketones is 1. The van der Waals surface area contributed by atoms with Gasteiger partial charge in [-0.3, -0.25) is 4.79 Å². The van der Waals surface area contributed by atoms with Crippen molar-refractivity contribution in [3.8, 4) is 17.2 Å². The predicted molar refractivity (Wildman–Crippen MR) is 148 cm³/mol. The molecule has 1 N–H and O–H groups in total. The molecule has 3 aromatic carbocycles. The molecule has 0 amide bonds. The Morgan fingerprint density at radius 3 is 2.50 bits per heavy atom. The van der Waals surface area contributed by atoms with E-state index < -0.39 is 0 Å². The molecule has 186 valence electrons. The molecule has 1 aliphatic heterocycles. The van der Waals surface area contributed by atoms with E-state index in [0.717, 1.165) is 40.1 Å². The van der Waals surface area contributed by atoms with Gasteiger partial charge in [0.2, 0.25) is 5.78 Å². The van der Waals surface area contributed by atoms with Crippen LogP contribution in [0.2, 0.25) is 5.02 Å². The molecule has 0 bridgehead atoms. The van der Waals surface area contributed by atoms with Crippen LogP contribution in [0.5, 0.6) is 17.2 Å². The van der Waals surface area contributed by atoms with Crippen LogP contribution in [-0.4, -0.2) is 35.4 Å². The molecule has 0 saturated carbocycles. The Morgan fingerprint density at radius 1 is 1.11 bits per heavy atom. The Labute approximate surface area is 221 Å². The maximum Gasteiger partial charge on any atom is 0.207 e. The highest BCUT2D eigenvalue weighted by atomic mass is 35.5. The highest BCUT2D eigenvalue weighted by Crippen LogP contribution is 2.43. The van der Waals surface area contributed by atoms with Gasteiger partial charge in [0, 0.05) is 33.8 Å². The minimum absolute atomic E-state index is 0.103. The van der Waals surface area contributed by atoms with Crippen molar-refractivity contribution in [3.63, 3.8) is 0 Å². The quantitative estimate of drug-likeness (QED) is 0.253. The van der Waals surface area contributed by atoms with Crippen LogP contribution in [0.1, 0.15) is 45.3 Å². The van der Waals surface area contributed by atoms with Crippen molar-refractivity contribution in [2.45, 2.75) is 33.6 Å². The summed E-state index contributed by atoms with van der Waals surface area (Å²) in [6, 6.07) is 16.9. The number of aromatic hydroxyl groups is 1. The Kier molecular flexibility index (Phi) is 7.07. The van der Waals surface area contributed by atoms with Gasteiger partial charge in [-0.05, 0) is 98.3 Å². The van der Waals surface area contributed by atoms with Crippen molar-refractivity contribution in [3.05, 3.63) is 86.8 Å². The third-order valence-electron chi connectivity index (χ3n) is 6.93. The summed E-state index contributed by atoms with van der Waals surface area (Å²) < 4.78 is 7.17. The molecule has 1 aliphatic rings. The van der Waals surface area contributed by atoms with E-state index in [2.05, 4.69) is 24.0 Å². The minimum atomic E-state index is -0.103. The van der Waals surface area contributed by atoms with Crippen LogP contribution in [0.3, 0.4) is 0 Å². The summed E-state index contributed by atoms with van der Waals surface area (Å²) >= 11 is 7.54. The van der Waals surface area contributed by atoms with E-state index in [1.54, 1.807) is 18.2 Å². The summed E-state index contributed by atoms with van der Waals surface area (Å²) in [5.74, 6) is 2.05. The van der Waals surface area contributed by atoms with Gasteiger partial charge >= 0.3 is 0 Å². The zero-order chi connectivity index (χ0) is 25.4. The van der Waals surface area contributed by atoms with Gasteiger partial charge in [0.1, 0.15) is 16.4 Å². The number of carbonyl (C=O) groups excluding carboxylic acids is 1. The van der Waals surface area contributed by atoms with Crippen LogP contribution in [-0.2, 0) is 6.42 Å². The first-order valence-electron chi connectivity index (χ1n) is 12.3. The van der Waals surface area contributed by atoms with Crippen LogP contribution in [0.15, 0.2) is 54.6 Å². The summed E-state index contributed by atoms with van der Waals surface area (Å²) in [6.45, 7) is 9.55. The van der Waals surface area contributed by atoms with E-state index in [9.17, 15) is 9.90 Å². The molecule has 4 nitrogen and oxygen atoms in total. The van der Waals surface area contributed by atoms with E-state index in [4.69, 9.17) is 16.3 Å². The predicted octanol–water partition coefficient (Wildman–Crippen LogP) is 7.78. The first-order chi connectivity index (χ1) is 17.3. The standard InChI is InChI=1S/C30H30ClNO3S/c1-18-10-12-32(17-18)13-11-21-4-7-24(8-5-21)35-29-25-9-6-23(33)16-26(25)36-30(29)28(34)27-19(2)14-22(31)15-20(27)3/h4-9,14-16,18,33H,10-13,17H2,1-3H3/t18-/m1/s1. The molecule has 0 unspecified atom stereocenters. The van der Waals surface area contributed by atoms with Gasteiger partial charge in [0.05, 0.1) is 0 Å². The molecule has 1 aromatic heterocycles. The maximum atomic E-state index is 13.8. The first kappa shape index (κ1) is 24.8. The molecule has 1 atom stereocenters. The van der Waals surface area contributed by atoms with Crippen LogP contribution in [0.4, 0.5) is 0 Å². The second kappa shape index (κ2) is 10.3. The average Bonchev–Trinajstić information content (AvgIpc) is 3.40. The highest BCUT2D eigenvalue weighted by Gasteiger charge is 2.25. The van der Waals surface area contributed by atoms with E-state index in [1.807, 2.05) is 38.1 Å². The van der Waals surface area contributed by atoms with E-state index >= 15 is 0 Å². The molecular formula is C30H30ClNO3S. The maximum absolute atomic E-state index is 13.8. The van der Waals surface area contributed by atoms with E-state index in [0.29, 0.717) is 27.0 Å². The average molecular weight is 520 g/mol. The fourth-order valence-electron chi connectivity index (χ4n) is 5.05. The second-order valence-electron chi connectivity index (χ2n) is 9.87. The normalized spacial score (nSPS) is 16.1. The summed E-state index contributed by atoms with van der Waals surface area (Å²) in [4.78, 5) is 16.8. The minimum Gasteiger partial charge on any atom is -0.508 e. The number of aryl methyl sites for hydroxylation is 2. The molecule has 0 spiro atoms. The third kappa shape index (κ3) is 5.15. The van der Waals surface area contributed by atoms with E-state index in [1.165, 1.54) is 36.4 Å². The van der Waals surface area contributed by atoms with Gasteiger partial charge in [-0.15, -0.1) is 11.3 Å². The number of ether oxygens (including phenoxy) is 1. The summed E-state index contributed by atoms with van der Waals surface area (Å²) in [5, 5.41) is 11.4. The lowest BCUT2D eigenvalue weighted by Crippen LogP contribution is -2.22. The molecule has 1 saturated heterocycles. The summed E-state index contributed by atoms with van der Waals surface area (Å²) in [6.07, 6.45) is 2.29. The number of thiophene rings is 1. The smallest absolute Gasteiger partial charge is 0.207 e. The first-order valence-corrected chi connectivity index (χ1v) is 13.5. The van der Waals surface area contributed by atoms with E-state index in [-0.39, 0.29) is 11.5 Å². The summed E-state index contributed by atoms with van der Waals surface area (Å²) in [5.41, 5.74) is 3.55. The number of nitrogens with zero attached hydrogens (tertiary/aromatic N) is 1. The van der Waals surface area contributed by atoms with Crippen molar-refractivity contribution < 1.29 is 14.6 Å². The number of phenols is 1. The Balaban J connectivity index is 1.44. The highest BCUT2D eigenvalue weighted by molar-refractivity contribution is 7.21. The van der Waals surface area contributed by atoms with Gasteiger partial charge in [-0.1, -0.05) is 30.7 Å².